The first-order chi connectivity index (χ1) is 9.40. The van der Waals surface area contributed by atoms with Crippen LogP contribution in [0.4, 0.5) is 4.79 Å². The molecular weight excluding hydrogens is 268 g/mol. The van der Waals surface area contributed by atoms with Gasteiger partial charge < -0.3 is 25.6 Å². The molecule has 0 saturated carbocycles. The largest absolute Gasteiger partial charge is 0.481 e. The number of ether oxygens (including phenoxy) is 1. The molecule has 0 aliphatic rings. The zero-order chi connectivity index (χ0) is 15.5. The minimum Gasteiger partial charge on any atom is -0.481 e. The lowest BCUT2D eigenvalue weighted by atomic mass is 10.1. The van der Waals surface area contributed by atoms with Crippen LogP contribution in [-0.2, 0) is 14.3 Å². The van der Waals surface area contributed by atoms with Crippen molar-refractivity contribution in [2.45, 2.75) is 44.7 Å². The number of carbonyl (C=O) groups is 3. The molecule has 2 atom stereocenters. The number of aliphatic carboxylic acids is 2. The van der Waals surface area contributed by atoms with E-state index in [-0.39, 0.29) is 25.3 Å². The Bertz CT molecular complexity index is 334. The van der Waals surface area contributed by atoms with Crippen molar-refractivity contribution in [2.75, 3.05) is 13.7 Å². The van der Waals surface area contributed by atoms with Gasteiger partial charge in [-0.05, 0) is 19.3 Å². The average molecular weight is 290 g/mol. The van der Waals surface area contributed by atoms with Gasteiger partial charge in [0.1, 0.15) is 6.04 Å². The highest BCUT2D eigenvalue weighted by molar-refractivity contribution is 5.82. The molecule has 0 saturated heterocycles. The van der Waals surface area contributed by atoms with Crippen LogP contribution in [0.3, 0.4) is 0 Å². The van der Waals surface area contributed by atoms with Gasteiger partial charge in [0.15, 0.2) is 0 Å². The van der Waals surface area contributed by atoms with Gasteiger partial charge in [0.25, 0.3) is 0 Å². The maximum atomic E-state index is 11.6. The maximum Gasteiger partial charge on any atom is 0.326 e. The third-order valence-corrected chi connectivity index (χ3v) is 2.68. The van der Waals surface area contributed by atoms with Gasteiger partial charge in [-0.25, -0.2) is 9.59 Å². The fraction of sp³-hybridized carbons (Fsp3) is 0.750. The Morgan fingerprint density at radius 1 is 1.20 bits per heavy atom. The Hall–Kier alpha value is -1.83. The molecule has 116 valence electrons. The molecule has 0 radical (unpaired) electrons. The Kier molecular flexibility index (Phi) is 9.10. The van der Waals surface area contributed by atoms with Gasteiger partial charge in [-0.1, -0.05) is 6.92 Å². The van der Waals surface area contributed by atoms with E-state index >= 15 is 0 Å². The van der Waals surface area contributed by atoms with Gasteiger partial charge in [-0.15, -0.1) is 0 Å². The molecule has 1 unspecified atom stereocenters. The summed E-state index contributed by atoms with van der Waals surface area (Å²) in [6.07, 6.45) is 0.768. The second-order valence-corrected chi connectivity index (χ2v) is 4.36. The first-order valence-corrected chi connectivity index (χ1v) is 6.41. The van der Waals surface area contributed by atoms with Gasteiger partial charge in [0, 0.05) is 13.5 Å². The number of hydrogen-bond acceptors (Lipinski definition) is 4. The molecule has 2 amide bonds. The van der Waals surface area contributed by atoms with Crippen LogP contribution < -0.4 is 10.6 Å². The summed E-state index contributed by atoms with van der Waals surface area (Å²) < 4.78 is 4.92. The zero-order valence-electron chi connectivity index (χ0n) is 11.7. The first kappa shape index (κ1) is 18.2. The molecule has 8 nitrogen and oxygen atoms in total. The lowest BCUT2D eigenvalue weighted by molar-refractivity contribution is -0.140. The molecule has 0 aromatic rings. The summed E-state index contributed by atoms with van der Waals surface area (Å²) in [5.74, 6) is -2.19. The highest BCUT2D eigenvalue weighted by atomic mass is 16.5. The van der Waals surface area contributed by atoms with E-state index < -0.39 is 24.0 Å². The minimum atomic E-state index is -1.19. The molecule has 20 heavy (non-hydrogen) atoms. The monoisotopic (exact) mass is 290 g/mol. The highest BCUT2D eigenvalue weighted by Crippen LogP contribution is 2.02. The Balaban J connectivity index is 4.25. The average Bonchev–Trinajstić information content (AvgIpc) is 2.36. The number of nitrogens with one attached hydrogen (secondary N) is 2. The maximum absolute atomic E-state index is 11.6. The summed E-state index contributed by atoms with van der Waals surface area (Å²) in [5.41, 5.74) is 0. The van der Waals surface area contributed by atoms with Crippen LogP contribution in [0.1, 0.15) is 32.6 Å². The van der Waals surface area contributed by atoms with Crippen LogP contribution in [-0.4, -0.2) is 54.0 Å². The van der Waals surface area contributed by atoms with Gasteiger partial charge in [-0.3, -0.25) is 4.79 Å². The topological polar surface area (TPSA) is 125 Å². The number of methoxy groups -OCH3 is 1. The lowest BCUT2D eigenvalue weighted by Gasteiger charge is -2.19. The zero-order valence-corrected chi connectivity index (χ0v) is 11.7. The van der Waals surface area contributed by atoms with E-state index in [0.717, 1.165) is 0 Å². The van der Waals surface area contributed by atoms with Crippen molar-refractivity contribution in [3.05, 3.63) is 0 Å². The van der Waals surface area contributed by atoms with Crippen molar-refractivity contribution < 1.29 is 29.3 Å². The predicted octanol–water partition coefficient (Wildman–Crippen LogP) is 0.419. The van der Waals surface area contributed by atoms with Crippen LogP contribution >= 0.6 is 0 Å². The second-order valence-electron chi connectivity index (χ2n) is 4.36. The summed E-state index contributed by atoms with van der Waals surface area (Å²) in [6, 6.07) is -1.90. The summed E-state index contributed by atoms with van der Waals surface area (Å²) >= 11 is 0. The molecule has 0 aliphatic carbocycles. The summed E-state index contributed by atoms with van der Waals surface area (Å²) in [7, 11) is 1.51. The lowest BCUT2D eigenvalue weighted by Crippen LogP contribution is -2.49. The van der Waals surface area contributed by atoms with Gasteiger partial charge in [0.2, 0.25) is 0 Å². The fourth-order valence-electron chi connectivity index (χ4n) is 1.56. The van der Waals surface area contributed by atoms with Crippen molar-refractivity contribution in [1.29, 1.82) is 0 Å². The van der Waals surface area contributed by atoms with E-state index in [0.29, 0.717) is 13.0 Å². The van der Waals surface area contributed by atoms with Crippen LogP contribution in [0.2, 0.25) is 0 Å². The predicted molar refractivity (Wildman–Crippen MR) is 70.5 cm³/mol. The van der Waals surface area contributed by atoms with E-state index in [2.05, 4.69) is 10.6 Å². The van der Waals surface area contributed by atoms with Gasteiger partial charge in [-0.2, -0.15) is 0 Å². The molecule has 0 fully saturated rings. The third kappa shape index (κ3) is 8.30. The molecule has 0 spiro atoms. The number of urea groups is 1. The molecule has 4 N–H and O–H groups in total. The third-order valence-electron chi connectivity index (χ3n) is 2.68. The molecule has 0 aromatic heterocycles. The van der Waals surface area contributed by atoms with Crippen LogP contribution in [0.25, 0.3) is 0 Å². The second kappa shape index (κ2) is 10.0. The number of carboxylic acids is 2. The molecule has 0 aliphatic heterocycles. The van der Waals surface area contributed by atoms with Gasteiger partial charge >= 0.3 is 18.0 Å². The van der Waals surface area contributed by atoms with Crippen molar-refractivity contribution in [2.24, 2.45) is 0 Å². The van der Waals surface area contributed by atoms with Crippen molar-refractivity contribution in [3.63, 3.8) is 0 Å². The number of carboxylic acid groups (broad SMARTS) is 2. The van der Waals surface area contributed by atoms with Crippen molar-refractivity contribution in [1.82, 2.24) is 10.6 Å². The Morgan fingerprint density at radius 2 is 1.85 bits per heavy atom. The van der Waals surface area contributed by atoms with E-state index in [9.17, 15) is 14.4 Å². The molecule has 0 heterocycles. The minimum absolute atomic E-state index is 0.0656. The number of rotatable bonds is 10. The molecule has 0 aromatic carbocycles. The summed E-state index contributed by atoms with van der Waals surface area (Å²) in [6.45, 7) is 2.20. The summed E-state index contributed by atoms with van der Waals surface area (Å²) in [4.78, 5) is 33.0. The molecular formula is C12H22N2O6. The normalized spacial score (nSPS) is 13.3. The molecule has 0 bridgehead atoms. The fourth-order valence-corrected chi connectivity index (χ4v) is 1.56. The van der Waals surface area contributed by atoms with Crippen LogP contribution in [0.5, 0.6) is 0 Å². The number of carbonyl (C=O) groups excluding carboxylic acids is 1. The summed E-state index contributed by atoms with van der Waals surface area (Å²) in [5, 5.41) is 22.4. The Morgan fingerprint density at radius 3 is 2.30 bits per heavy atom. The Labute approximate surface area is 117 Å². The van der Waals surface area contributed by atoms with E-state index in [4.69, 9.17) is 14.9 Å². The smallest absolute Gasteiger partial charge is 0.326 e. The number of hydrogen-bond donors (Lipinski definition) is 4. The molecule has 8 heteroatoms. The SMILES string of the molecule is CCC(COC)NC(=O)N[C@H](CCCC(=O)O)C(=O)O. The number of amides is 2. The van der Waals surface area contributed by atoms with E-state index in [1.165, 1.54) is 7.11 Å². The van der Waals surface area contributed by atoms with E-state index in [1.54, 1.807) is 0 Å². The highest BCUT2D eigenvalue weighted by Gasteiger charge is 2.21. The van der Waals surface area contributed by atoms with Gasteiger partial charge in [0.05, 0.1) is 12.6 Å². The van der Waals surface area contributed by atoms with Crippen molar-refractivity contribution in [3.8, 4) is 0 Å². The van der Waals surface area contributed by atoms with Crippen LogP contribution in [0, 0.1) is 0 Å². The van der Waals surface area contributed by atoms with E-state index in [1.807, 2.05) is 6.92 Å². The quantitative estimate of drug-likeness (QED) is 0.462. The first-order valence-electron chi connectivity index (χ1n) is 6.41. The molecule has 0 rings (SSSR count). The standard InChI is InChI=1S/C12H22N2O6/c1-3-8(7-20-2)13-12(19)14-9(11(17)18)5-4-6-10(15)16/h8-9H,3-7H2,1-2H3,(H,15,16)(H,17,18)(H2,13,14,19)/t8?,9-/m1/s1. The van der Waals surface area contributed by atoms with Crippen molar-refractivity contribution >= 4 is 18.0 Å². The van der Waals surface area contributed by atoms with Crippen LogP contribution in [0.15, 0.2) is 0 Å².